The molecule has 0 fully saturated rings. The van der Waals surface area contributed by atoms with Gasteiger partial charge in [-0.1, -0.05) is 12.1 Å². The Morgan fingerprint density at radius 3 is 2.50 bits per heavy atom. The van der Waals surface area contributed by atoms with Crippen molar-refractivity contribution in [1.29, 1.82) is 0 Å². The van der Waals surface area contributed by atoms with Gasteiger partial charge in [0.05, 0.1) is 18.5 Å². The number of amides is 1. The fraction of sp³-hybridized carbons (Fsp3) is 0.333. The van der Waals surface area contributed by atoms with Gasteiger partial charge in [0.25, 0.3) is 0 Å². The van der Waals surface area contributed by atoms with E-state index in [4.69, 9.17) is 5.11 Å². The van der Waals surface area contributed by atoms with Gasteiger partial charge in [-0.3, -0.25) is 4.79 Å². The lowest BCUT2D eigenvalue weighted by atomic mass is 10.1. The lowest BCUT2D eigenvalue weighted by Gasteiger charge is -2.15. The summed E-state index contributed by atoms with van der Waals surface area (Å²) in [6, 6.07) is 5.32. The number of benzene rings is 1. The number of hydrogen-bond donors (Lipinski definition) is 2. The van der Waals surface area contributed by atoms with E-state index in [1.54, 1.807) is 5.32 Å². The minimum Gasteiger partial charge on any atom is -0.478 e. The van der Waals surface area contributed by atoms with Crippen molar-refractivity contribution in [1.82, 2.24) is 5.32 Å². The van der Waals surface area contributed by atoms with Crippen LogP contribution in [0.3, 0.4) is 0 Å². The molecule has 4 nitrogen and oxygen atoms in total. The van der Waals surface area contributed by atoms with Gasteiger partial charge in [0, 0.05) is 0 Å². The molecular formula is C12H11F4NO3. The zero-order valence-electron chi connectivity index (χ0n) is 10.1. The molecule has 20 heavy (non-hydrogen) atoms. The van der Waals surface area contributed by atoms with Crippen molar-refractivity contribution in [2.24, 2.45) is 0 Å². The maximum Gasteiger partial charge on any atom is 0.335 e. The quantitative estimate of drug-likeness (QED) is 0.788. The van der Waals surface area contributed by atoms with E-state index in [2.05, 4.69) is 0 Å². The average molecular weight is 293 g/mol. The Bertz CT molecular complexity index is 505. The molecule has 0 radical (unpaired) electrons. The number of carbonyl (C=O) groups excluding carboxylic acids is 1. The summed E-state index contributed by atoms with van der Waals surface area (Å²) >= 11 is 0. The van der Waals surface area contributed by atoms with E-state index in [0.29, 0.717) is 0 Å². The van der Waals surface area contributed by atoms with Crippen LogP contribution in [0.2, 0.25) is 0 Å². The van der Waals surface area contributed by atoms with Crippen LogP contribution in [0.25, 0.3) is 0 Å². The van der Waals surface area contributed by atoms with E-state index >= 15 is 0 Å². The van der Waals surface area contributed by atoms with Crippen molar-refractivity contribution in [3.8, 4) is 0 Å². The maximum atomic E-state index is 12.6. The molecule has 0 aliphatic carbocycles. The van der Waals surface area contributed by atoms with E-state index in [0.717, 1.165) is 0 Å². The molecule has 2 N–H and O–H groups in total. The van der Waals surface area contributed by atoms with Crippen LogP contribution in [0.5, 0.6) is 0 Å². The van der Waals surface area contributed by atoms with Crippen LogP contribution in [-0.2, 0) is 11.2 Å². The number of carboxylic acid groups (broad SMARTS) is 1. The largest absolute Gasteiger partial charge is 0.478 e. The zero-order valence-corrected chi connectivity index (χ0v) is 10.1. The predicted molar refractivity (Wildman–Crippen MR) is 61.1 cm³/mol. The summed E-state index contributed by atoms with van der Waals surface area (Å²) in [7, 11) is 0. The van der Waals surface area contributed by atoms with E-state index in [1.165, 1.54) is 24.3 Å². The molecule has 8 heteroatoms. The number of nitrogens with one attached hydrogen (secondary N) is 1. The van der Waals surface area contributed by atoms with Gasteiger partial charge in [-0.15, -0.1) is 0 Å². The third kappa shape index (κ3) is 4.52. The topological polar surface area (TPSA) is 66.4 Å². The SMILES string of the molecule is O=C(Cc1cccc(C(=O)O)c1)NCC(F)(F)C(F)F. The summed E-state index contributed by atoms with van der Waals surface area (Å²) < 4.78 is 48.9. The van der Waals surface area contributed by atoms with Crippen LogP contribution >= 0.6 is 0 Å². The van der Waals surface area contributed by atoms with Crippen LogP contribution in [-0.4, -0.2) is 35.9 Å². The Kier molecular flexibility index (Phi) is 5.06. The van der Waals surface area contributed by atoms with Crippen molar-refractivity contribution in [3.05, 3.63) is 35.4 Å². The number of alkyl halides is 4. The van der Waals surface area contributed by atoms with E-state index in [1.807, 2.05) is 0 Å². The Morgan fingerprint density at radius 1 is 1.30 bits per heavy atom. The van der Waals surface area contributed by atoms with Gasteiger partial charge in [0.1, 0.15) is 0 Å². The molecule has 0 aliphatic rings. The second kappa shape index (κ2) is 6.36. The Labute approximate surface area is 111 Å². The lowest BCUT2D eigenvalue weighted by molar-refractivity contribution is -0.136. The highest BCUT2D eigenvalue weighted by Gasteiger charge is 2.40. The molecule has 0 heterocycles. The number of aromatic carboxylic acids is 1. The van der Waals surface area contributed by atoms with Crippen LogP contribution < -0.4 is 5.32 Å². The van der Waals surface area contributed by atoms with Crippen LogP contribution in [0.1, 0.15) is 15.9 Å². The molecule has 0 saturated heterocycles. The molecular weight excluding hydrogens is 282 g/mol. The van der Waals surface area contributed by atoms with Gasteiger partial charge in [-0.25, -0.2) is 13.6 Å². The highest BCUT2D eigenvalue weighted by molar-refractivity contribution is 5.88. The number of carboxylic acids is 1. The zero-order chi connectivity index (χ0) is 15.3. The highest BCUT2D eigenvalue weighted by atomic mass is 19.3. The molecule has 1 rings (SSSR count). The minimum absolute atomic E-state index is 0.0618. The Hall–Kier alpha value is -2.12. The molecule has 0 aromatic heterocycles. The predicted octanol–water partition coefficient (Wildman–Crippen LogP) is 1.94. The van der Waals surface area contributed by atoms with Crippen LogP contribution in [0.15, 0.2) is 24.3 Å². The smallest absolute Gasteiger partial charge is 0.335 e. The van der Waals surface area contributed by atoms with E-state index in [9.17, 15) is 27.2 Å². The third-order valence-corrected chi connectivity index (χ3v) is 2.38. The Balaban J connectivity index is 2.59. The summed E-state index contributed by atoms with van der Waals surface area (Å²) in [5.74, 6) is -6.39. The van der Waals surface area contributed by atoms with Gasteiger partial charge < -0.3 is 10.4 Å². The summed E-state index contributed by atoms with van der Waals surface area (Å²) in [5, 5.41) is 10.4. The first-order valence-corrected chi connectivity index (χ1v) is 5.47. The molecule has 1 aromatic rings. The van der Waals surface area contributed by atoms with Crippen molar-refractivity contribution >= 4 is 11.9 Å². The first kappa shape index (κ1) is 15.9. The second-order valence-corrected chi connectivity index (χ2v) is 4.02. The van der Waals surface area contributed by atoms with Gasteiger partial charge in [-0.05, 0) is 17.7 Å². The lowest BCUT2D eigenvalue weighted by Crippen LogP contribution is -2.41. The molecule has 110 valence electrons. The first-order chi connectivity index (χ1) is 9.22. The Morgan fingerprint density at radius 2 is 1.95 bits per heavy atom. The van der Waals surface area contributed by atoms with Crippen molar-refractivity contribution in [2.75, 3.05) is 6.54 Å². The molecule has 0 unspecified atom stereocenters. The third-order valence-electron chi connectivity index (χ3n) is 2.38. The summed E-state index contributed by atoms with van der Waals surface area (Å²) in [5.41, 5.74) is 0.218. The number of halogens is 4. The molecule has 1 amide bonds. The van der Waals surface area contributed by atoms with Gasteiger partial charge in [0.15, 0.2) is 0 Å². The normalized spacial score (nSPS) is 11.4. The average Bonchev–Trinajstić information content (AvgIpc) is 2.36. The molecule has 0 aliphatic heterocycles. The molecule has 0 bridgehead atoms. The minimum atomic E-state index is -4.29. The fourth-order valence-electron chi connectivity index (χ4n) is 1.36. The fourth-order valence-corrected chi connectivity index (χ4v) is 1.36. The van der Waals surface area contributed by atoms with Crippen molar-refractivity contribution in [3.63, 3.8) is 0 Å². The summed E-state index contributed by atoms with van der Waals surface area (Å²) in [4.78, 5) is 22.0. The number of hydrogen-bond acceptors (Lipinski definition) is 2. The van der Waals surface area contributed by atoms with Crippen LogP contribution in [0, 0.1) is 0 Å². The highest BCUT2D eigenvalue weighted by Crippen LogP contribution is 2.21. The standard InChI is InChI=1S/C12H11F4NO3/c13-11(14)12(15,16)6-17-9(18)5-7-2-1-3-8(4-7)10(19)20/h1-4,11H,5-6H2,(H,17,18)(H,19,20). The molecule has 0 spiro atoms. The summed E-state index contributed by atoms with van der Waals surface area (Å²) in [6.45, 7) is -1.47. The second-order valence-electron chi connectivity index (χ2n) is 4.02. The number of carbonyl (C=O) groups is 2. The monoisotopic (exact) mass is 293 g/mol. The van der Waals surface area contributed by atoms with Gasteiger partial charge in [-0.2, -0.15) is 8.78 Å². The molecule has 0 saturated carbocycles. The van der Waals surface area contributed by atoms with Crippen molar-refractivity contribution in [2.45, 2.75) is 18.8 Å². The van der Waals surface area contributed by atoms with Crippen LogP contribution in [0.4, 0.5) is 17.6 Å². The van der Waals surface area contributed by atoms with Crippen molar-refractivity contribution < 1.29 is 32.3 Å². The first-order valence-electron chi connectivity index (χ1n) is 5.47. The van der Waals surface area contributed by atoms with Gasteiger partial charge in [0.2, 0.25) is 5.91 Å². The van der Waals surface area contributed by atoms with Gasteiger partial charge >= 0.3 is 18.3 Å². The maximum absolute atomic E-state index is 12.6. The van der Waals surface area contributed by atoms with E-state index in [-0.39, 0.29) is 17.5 Å². The molecule has 1 aromatic carbocycles. The van der Waals surface area contributed by atoms with E-state index < -0.39 is 30.8 Å². The molecule has 0 atom stereocenters. The number of rotatable bonds is 6. The summed E-state index contributed by atoms with van der Waals surface area (Å²) in [6.07, 6.45) is -4.24.